The Hall–Kier alpha value is -6.27. The number of aryl methyl sites for hydroxylation is 2. The molecule has 3 amide bonds. The summed E-state index contributed by atoms with van der Waals surface area (Å²) in [6.45, 7) is 4.35. The van der Waals surface area contributed by atoms with Crippen LogP contribution in [-0.2, 0) is 47.2 Å². The van der Waals surface area contributed by atoms with E-state index >= 15 is 0 Å². The van der Waals surface area contributed by atoms with E-state index in [0.29, 0.717) is 17.9 Å². The number of benzene rings is 3. The molecule has 0 saturated carbocycles. The Morgan fingerprint density at radius 1 is 0.964 bits per heavy atom. The lowest BCUT2D eigenvalue weighted by Gasteiger charge is -2.55. The highest BCUT2D eigenvalue weighted by molar-refractivity contribution is 6.09. The van der Waals surface area contributed by atoms with E-state index in [4.69, 9.17) is 4.74 Å². The van der Waals surface area contributed by atoms with Gasteiger partial charge in [0.2, 0.25) is 23.6 Å². The highest BCUT2D eigenvalue weighted by atomic mass is 16.5. The Morgan fingerprint density at radius 2 is 1.73 bits per heavy atom. The number of pyridine rings is 1. The molecule has 2 fully saturated rings. The molecule has 2 atom stereocenters. The van der Waals surface area contributed by atoms with Gasteiger partial charge < -0.3 is 24.2 Å². The second-order valence-electron chi connectivity index (χ2n) is 14.0. The van der Waals surface area contributed by atoms with Crippen molar-refractivity contribution in [1.82, 2.24) is 29.4 Å². The molecule has 2 saturated heterocycles. The number of methoxy groups -OCH3 is 1. The molecule has 0 radical (unpaired) electrons. The standard InChI is InChI=1S/C43H44N6O6/c1-4-21-47-28-41(53)48-36(22-30-13-17-33(50)18-14-30)43(54)46(27-39(48)49(47)40(52)20-16-29-9-6-5-7-10-29)25-32-11-8-12-34-35(26-45(2)42(32)34)37(51)23-31-15-19-38(55-3)44-24-31/h4-15,17-19,24,26,36,39,50H,1,16,20-23,25,27-28H2,2-3H3/t36-,39?/m0/s1. The quantitative estimate of drug-likeness (QED) is 0.136. The highest BCUT2D eigenvalue weighted by Crippen LogP contribution is 2.32. The van der Waals surface area contributed by atoms with Crippen LogP contribution in [0.25, 0.3) is 10.9 Å². The fourth-order valence-corrected chi connectivity index (χ4v) is 7.79. The van der Waals surface area contributed by atoms with Gasteiger partial charge in [-0.1, -0.05) is 72.8 Å². The summed E-state index contributed by atoms with van der Waals surface area (Å²) in [4.78, 5) is 64.1. The molecule has 2 aliphatic heterocycles. The van der Waals surface area contributed by atoms with Gasteiger partial charge in [-0.25, -0.2) is 15.0 Å². The fourth-order valence-electron chi connectivity index (χ4n) is 7.79. The van der Waals surface area contributed by atoms with Gasteiger partial charge in [0.05, 0.1) is 25.7 Å². The van der Waals surface area contributed by atoms with E-state index in [1.165, 1.54) is 0 Å². The van der Waals surface area contributed by atoms with Crippen molar-refractivity contribution in [2.75, 3.05) is 26.7 Å². The zero-order valence-corrected chi connectivity index (χ0v) is 31.0. The van der Waals surface area contributed by atoms with Crippen LogP contribution in [0.1, 0.15) is 39.0 Å². The molecule has 1 unspecified atom stereocenters. The number of para-hydroxylation sites is 1. The Balaban J connectivity index is 1.23. The number of carbonyl (C=O) groups excluding carboxylic acids is 4. The highest BCUT2D eigenvalue weighted by Gasteiger charge is 2.51. The van der Waals surface area contributed by atoms with Gasteiger partial charge in [0.25, 0.3) is 0 Å². The van der Waals surface area contributed by atoms with Crippen molar-refractivity contribution in [1.29, 1.82) is 0 Å². The predicted molar refractivity (Wildman–Crippen MR) is 207 cm³/mol. The first-order valence-corrected chi connectivity index (χ1v) is 18.3. The van der Waals surface area contributed by atoms with Crippen LogP contribution < -0.4 is 4.74 Å². The van der Waals surface area contributed by atoms with Gasteiger partial charge >= 0.3 is 0 Å². The van der Waals surface area contributed by atoms with Gasteiger partial charge in [0.15, 0.2) is 5.78 Å². The molecule has 2 aliphatic rings. The van der Waals surface area contributed by atoms with Crippen LogP contribution >= 0.6 is 0 Å². The van der Waals surface area contributed by atoms with Crippen molar-refractivity contribution in [3.63, 3.8) is 0 Å². The van der Waals surface area contributed by atoms with Crippen molar-refractivity contribution in [3.8, 4) is 11.6 Å². The maximum atomic E-state index is 14.7. The molecule has 1 N–H and O–H groups in total. The predicted octanol–water partition coefficient (Wildman–Crippen LogP) is 4.70. The number of hydrazine groups is 1. The van der Waals surface area contributed by atoms with Crippen LogP contribution in [0, 0.1) is 0 Å². The summed E-state index contributed by atoms with van der Waals surface area (Å²) in [7, 11) is 3.42. The molecule has 7 rings (SSSR count). The van der Waals surface area contributed by atoms with E-state index in [-0.39, 0.29) is 74.7 Å². The number of amides is 3. The first-order chi connectivity index (χ1) is 26.6. The minimum atomic E-state index is -0.908. The summed E-state index contributed by atoms with van der Waals surface area (Å²) in [5.41, 5.74) is 4.74. The lowest BCUT2D eigenvalue weighted by atomic mass is 9.97. The van der Waals surface area contributed by atoms with Crippen LogP contribution in [0.3, 0.4) is 0 Å². The van der Waals surface area contributed by atoms with Gasteiger partial charge in [-0.2, -0.15) is 0 Å². The second-order valence-corrected chi connectivity index (χ2v) is 14.0. The molecular formula is C43H44N6O6. The number of hydrogen-bond donors (Lipinski definition) is 1. The number of aromatic nitrogens is 2. The average Bonchev–Trinajstić information content (AvgIpc) is 3.54. The monoisotopic (exact) mass is 740 g/mol. The maximum absolute atomic E-state index is 14.7. The molecule has 3 aromatic carbocycles. The molecule has 4 heterocycles. The third kappa shape index (κ3) is 7.72. The lowest BCUT2D eigenvalue weighted by molar-refractivity contribution is -0.205. The van der Waals surface area contributed by atoms with Crippen LogP contribution in [0.5, 0.6) is 11.6 Å². The lowest BCUT2D eigenvalue weighted by Crippen LogP contribution is -2.75. The zero-order chi connectivity index (χ0) is 38.6. The van der Waals surface area contributed by atoms with Gasteiger partial charge in [0, 0.05) is 68.8 Å². The summed E-state index contributed by atoms with van der Waals surface area (Å²) in [6, 6.07) is 24.7. The summed E-state index contributed by atoms with van der Waals surface area (Å²) in [5.74, 6) is -0.169. The molecule has 55 heavy (non-hydrogen) atoms. The van der Waals surface area contributed by atoms with Crippen LogP contribution in [0.2, 0.25) is 0 Å². The number of nitrogens with zero attached hydrogens (tertiary/aromatic N) is 6. The van der Waals surface area contributed by atoms with Gasteiger partial charge in [0.1, 0.15) is 18.0 Å². The molecule has 12 nitrogen and oxygen atoms in total. The molecule has 0 spiro atoms. The number of rotatable bonds is 13. The molecule has 5 aromatic rings. The number of aromatic hydroxyl groups is 1. The van der Waals surface area contributed by atoms with E-state index in [9.17, 15) is 24.3 Å². The number of ketones is 1. The summed E-state index contributed by atoms with van der Waals surface area (Å²) >= 11 is 0. The zero-order valence-electron chi connectivity index (χ0n) is 31.0. The van der Waals surface area contributed by atoms with Gasteiger partial charge in [-0.3, -0.25) is 19.2 Å². The van der Waals surface area contributed by atoms with Crippen molar-refractivity contribution in [3.05, 3.63) is 138 Å². The molecule has 0 aliphatic carbocycles. The number of hydrogen-bond acceptors (Lipinski definition) is 8. The Kier molecular flexibility index (Phi) is 10.8. The van der Waals surface area contributed by atoms with E-state index in [0.717, 1.165) is 33.2 Å². The summed E-state index contributed by atoms with van der Waals surface area (Å²) < 4.78 is 7.07. The largest absolute Gasteiger partial charge is 0.508 e. The first-order valence-electron chi connectivity index (χ1n) is 18.3. The molecule has 12 heteroatoms. The molecule has 0 bridgehead atoms. The van der Waals surface area contributed by atoms with E-state index in [1.54, 1.807) is 69.5 Å². The molecule has 282 valence electrons. The smallest absolute Gasteiger partial charge is 0.246 e. The normalized spacial score (nSPS) is 17.4. The molecular weight excluding hydrogens is 697 g/mol. The third-order valence-electron chi connectivity index (χ3n) is 10.4. The number of phenolic OH excluding ortho intramolecular Hbond substituents is 1. The van der Waals surface area contributed by atoms with Gasteiger partial charge in [-0.05, 0) is 40.8 Å². The third-order valence-corrected chi connectivity index (χ3v) is 10.4. The number of carbonyl (C=O) groups is 4. The number of ether oxygens (including phenoxy) is 1. The Labute approximate surface area is 319 Å². The molecule has 2 aromatic heterocycles. The first kappa shape index (κ1) is 37.1. The van der Waals surface area contributed by atoms with Crippen molar-refractivity contribution in [2.24, 2.45) is 7.05 Å². The number of piperazine rings is 1. The SMILES string of the molecule is C=CCN1CC(=O)N2C(CN(Cc3cccc4c(C(=O)Cc5ccc(OC)nc5)cn(C)c34)C(=O)[C@@H]2Cc2ccc(O)cc2)N1C(=O)CCc1ccccc1. The number of fused-ring (bicyclic) bond motifs is 2. The summed E-state index contributed by atoms with van der Waals surface area (Å²) in [5, 5.41) is 14.1. The number of Topliss-reactive ketones (excluding diaryl/α,β-unsaturated/α-hetero) is 1. The van der Waals surface area contributed by atoms with Gasteiger partial charge in [-0.15, -0.1) is 6.58 Å². The van der Waals surface area contributed by atoms with Crippen molar-refractivity contribution in [2.45, 2.75) is 44.4 Å². The Morgan fingerprint density at radius 3 is 2.44 bits per heavy atom. The van der Waals surface area contributed by atoms with E-state index in [1.807, 2.05) is 72.4 Å². The maximum Gasteiger partial charge on any atom is 0.246 e. The van der Waals surface area contributed by atoms with Crippen LogP contribution in [-0.4, -0.2) is 96.9 Å². The minimum absolute atomic E-state index is 0.0685. The topological polar surface area (TPSA) is 129 Å². The van der Waals surface area contributed by atoms with Crippen LogP contribution in [0.4, 0.5) is 0 Å². The van der Waals surface area contributed by atoms with Crippen molar-refractivity contribution >= 4 is 34.4 Å². The number of phenols is 1. The van der Waals surface area contributed by atoms with Crippen LogP contribution in [0.15, 0.2) is 110 Å². The van der Waals surface area contributed by atoms with Crippen molar-refractivity contribution < 1.29 is 29.0 Å². The Bertz CT molecular complexity index is 2220. The fraction of sp³-hybridized carbons (Fsp3) is 0.279. The van der Waals surface area contributed by atoms with E-state index < -0.39 is 12.2 Å². The van der Waals surface area contributed by atoms with E-state index in [2.05, 4.69) is 11.6 Å². The summed E-state index contributed by atoms with van der Waals surface area (Å²) in [6.07, 6.45) is 5.43. The second kappa shape index (κ2) is 16.0. The minimum Gasteiger partial charge on any atom is -0.508 e. The average molecular weight is 741 g/mol.